The standard InChI is InChI=1S/C16H24N2/c1-18-11-15(12-18)14-6-4-5-13(9-14)10-16-7-2-3-8-17-16/h4-6,9,15-17H,2-3,7-8,10-12H2,1H3. The predicted octanol–water partition coefficient (Wildman–Crippen LogP) is 2.40. The van der Waals surface area contributed by atoms with Gasteiger partial charge in [0.25, 0.3) is 0 Å². The normalized spacial score (nSPS) is 25.9. The summed E-state index contributed by atoms with van der Waals surface area (Å²) in [6, 6.07) is 9.98. The summed E-state index contributed by atoms with van der Waals surface area (Å²) in [5.74, 6) is 0.772. The number of piperidine rings is 1. The summed E-state index contributed by atoms with van der Waals surface area (Å²) in [5.41, 5.74) is 3.06. The van der Waals surface area contributed by atoms with Crippen LogP contribution < -0.4 is 5.32 Å². The van der Waals surface area contributed by atoms with E-state index in [-0.39, 0.29) is 0 Å². The van der Waals surface area contributed by atoms with Gasteiger partial charge >= 0.3 is 0 Å². The average Bonchev–Trinajstić information content (AvgIpc) is 2.37. The third-order valence-electron chi connectivity index (χ3n) is 4.38. The first-order chi connectivity index (χ1) is 8.81. The average molecular weight is 244 g/mol. The van der Waals surface area contributed by atoms with Gasteiger partial charge in [-0.1, -0.05) is 30.7 Å². The highest BCUT2D eigenvalue weighted by Gasteiger charge is 2.24. The van der Waals surface area contributed by atoms with Gasteiger partial charge < -0.3 is 10.2 Å². The van der Waals surface area contributed by atoms with Crippen LogP contribution in [0.5, 0.6) is 0 Å². The SMILES string of the molecule is CN1CC(c2cccc(CC3CCCCN3)c2)C1. The fraction of sp³-hybridized carbons (Fsp3) is 0.625. The van der Waals surface area contributed by atoms with Crippen LogP contribution in [-0.4, -0.2) is 37.6 Å². The molecule has 0 amide bonds. The minimum atomic E-state index is 0.707. The smallest absolute Gasteiger partial charge is 0.0107 e. The Morgan fingerprint density at radius 2 is 2.17 bits per heavy atom. The Balaban J connectivity index is 1.63. The molecule has 2 nitrogen and oxygen atoms in total. The van der Waals surface area contributed by atoms with Crippen molar-refractivity contribution in [1.82, 2.24) is 10.2 Å². The van der Waals surface area contributed by atoms with Crippen LogP contribution in [-0.2, 0) is 6.42 Å². The Morgan fingerprint density at radius 3 is 2.89 bits per heavy atom. The van der Waals surface area contributed by atoms with Gasteiger partial charge in [0.05, 0.1) is 0 Å². The lowest BCUT2D eigenvalue weighted by Gasteiger charge is -2.36. The quantitative estimate of drug-likeness (QED) is 0.878. The van der Waals surface area contributed by atoms with E-state index >= 15 is 0 Å². The number of benzene rings is 1. The number of hydrogen-bond donors (Lipinski definition) is 1. The molecule has 0 spiro atoms. The van der Waals surface area contributed by atoms with Crippen LogP contribution in [0.15, 0.2) is 24.3 Å². The van der Waals surface area contributed by atoms with Crippen LogP contribution in [0.25, 0.3) is 0 Å². The second kappa shape index (κ2) is 5.41. The molecule has 2 saturated heterocycles. The van der Waals surface area contributed by atoms with Crippen LogP contribution in [0.2, 0.25) is 0 Å². The fourth-order valence-electron chi connectivity index (χ4n) is 3.27. The molecular weight excluding hydrogens is 220 g/mol. The highest BCUT2D eigenvalue weighted by atomic mass is 15.2. The molecule has 0 radical (unpaired) electrons. The molecule has 0 saturated carbocycles. The third kappa shape index (κ3) is 2.76. The van der Waals surface area contributed by atoms with Gasteiger partial charge in [0.15, 0.2) is 0 Å². The van der Waals surface area contributed by atoms with Crippen molar-refractivity contribution in [3.05, 3.63) is 35.4 Å². The van der Waals surface area contributed by atoms with E-state index < -0.39 is 0 Å². The number of likely N-dealkylation sites (N-methyl/N-ethyl adjacent to an activating group) is 1. The largest absolute Gasteiger partial charge is 0.314 e. The van der Waals surface area contributed by atoms with E-state index in [1.54, 1.807) is 5.56 Å². The number of rotatable bonds is 3. The predicted molar refractivity (Wildman–Crippen MR) is 76.0 cm³/mol. The number of nitrogens with zero attached hydrogens (tertiary/aromatic N) is 1. The van der Waals surface area contributed by atoms with Crippen LogP contribution in [0, 0.1) is 0 Å². The van der Waals surface area contributed by atoms with Crippen LogP contribution in [0.1, 0.15) is 36.3 Å². The monoisotopic (exact) mass is 244 g/mol. The first-order valence-corrected chi connectivity index (χ1v) is 7.32. The molecule has 98 valence electrons. The maximum Gasteiger partial charge on any atom is 0.0107 e. The zero-order valence-corrected chi connectivity index (χ0v) is 11.4. The summed E-state index contributed by atoms with van der Waals surface area (Å²) in [5, 5.41) is 3.64. The zero-order valence-electron chi connectivity index (χ0n) is 11.4. The summed E-state index contributed by atoms with van der Waals surface area (Å²) in [6.07, 6.45) is 5.29. The summed E-state index contributed by atoms with van der Waals surface area (Å²) in [4.78, 5) is 2.39. The minimum Gasteiger partial charge on any atom is -0.314 e. The first-order valence-electron chi connectivity index (χ1n) is 7.32. The summed E-state index contributed by atoms with van der Waals surface area (Å²) >= 11 is 0. The van der Waals surface area contributed by atoms with Gasteiger partial charge in [-0.05, 0) is 44.0 Å². The van der Waals surface area contributed by atoms with E-state index in [1.165, 1.54) is 50.9 Å². The number of nitrogens with one attached hydrogen (secondary N) is 1. The van der Waals surface area contributed by atoms with E-state index in [9.17, 15) is 0 Å². The minimum absolute atomic E-state index is 0.707. The van der Waals surface area contributed by atoms with Crippen molar-refractivity contribution in [3.63, 3.8) is 0 Å². The molecule has 1 aromatic carbocycles. The molecule has 0 aliphatic carbocycles. The van der Waals surface area contributed by atoms with Gasteiger partial charge in [-0.15, -0.1) is 0 Å². The summed E-state index contributed by atoms with van der Waals surface area (Å²) in [6.45, 7) is 3.66. The van der Waals surface area contributed by atoms with Gasteiger partial charge in [-0.3, -0.25) is 0 Å². The molecule has 2 aliphatic rings. The lowest BCUT2D eigenvalue weighted by Crippen LogP contribution is -2.41. The van der Waals surface area contributed by atoms with Gasteiger partial charge in [-0.2, -0.15) is 0 Å². The van der Waals surface area contributed by atoms with Gasteiger partial charge in [-0.25, -0.2) is 0 Å². The highest BCUT2D eigenvalue weighted by Crippen LogP contribution is 2.26. The number of hydrogen-bond acceptors (Lipinski definition) is 2. The summed E-state index contributed by atoms with van der Waals surface area (Å²) in [7, 11) is 2.20. The van der Waals surface area contributed by atoms with E-state index in [4.69, 9.17) is 0 Å². The van der Waals surface area contributed by atoms with Crippen molar-refractivity contribution in [2.75, 3.05) is 26.7 Å². The van der Waals surface area contributed by atoms with Crippen molar-refractivity contribution in [3.8, 4) is 0 Å². The second-order valence-corrected chi connectivity index (χ2v) is 6.01. The lowest BCUT2D eigenvalue weighted by atomic mass is 9.89. The molecule has 1 N–H and O–H groups in total. The van der Waals surface area contributed by atoms with Crippen molar-refractivity contribution in [2.24, 2.45) is 0 Å². The molecule has 2 heterocycles. The molecule has 0 aromatic heterocycles. The molecule has 1 unspecified atom stereocenters. The van der Waals surface area contributed by atoms with Crippen molar-refractivity contribution >= 4 is 0 Å². The zero-order chi connectivity index (χ0) is 12.4. The Morgan fingerprint density at radius 1 is 1.28 bits per heavy atom. The maximum atomic E-state index is 3.64. The molecule has 1 aromatic rings. The number of likely N-dealkylation sites (tertiary alicyclic amines) is 1. The van der Waals surface area contributed by atoms with Crippen LogP contribution >= 0.6 is 0 Å². The highest BCUT2D eigenvalue weighted by molar-refractivity contribution is 5.29. The van der Waals surface area contributed by atoms with Crippen LogP contribution in [0.4, 0.5) is 0 Å². The van der Waals surface area contributed by atoms with Crippen molar-refractivity contribution in [1.29, 1.82) is 0 Å². The fourth-order valence-corrected chi connectivity index (χ4v) is 3.27. The van der Waals surface area contributed by atoms with Crippen LogP contribution in [0.3, 0.4) is 0 Å². The third-order valence-corrected chi connectivity index (χ3v) is 4.38. The Bertz CT molecular complexity index is 390. The van der Waals surface area contributed by atoms with Crippen molar-refractivity contribution < 1.29 is 0 Å². The molecule has 2 aliphatic heterocycles. The molecule has 2 heteroatoms. The van der Waals surface area contributed by atoms with Gasteiger partial charge in [0, 0.05) is 25.0 Å². The molecular formula is C16H24N2. The van der Waals surface area contributed by atoms with E-state index in [0.29, 0.717) is 6.04 Å². The first kappa shape index (κ1) is 12.2. The molecule has 3 rings (SSSR count). The van der Waals surface area contributed by atoms with Gasteiger partial charge in [0.1, 0.15) is 0 Å². The molecule has 0 bridgehead atoms. The molecule has 18 heavy (non-hydrogen) atoms. The van der Waals surface area contributed by atoms with Gasteiger partial charge in [0.2, 0.25) is 0 Å². The van der Waals surface area contributed by atoms with E-state index in [1.807, 2.05) is 0 Å². The lowest BCUT2D eigenvalue weighted by molar-refractivity contribution is 0.189. The summed E-state index contributed by atoms with van der Waals surface area (Å²) < 4.78 is 0. The second-order valence-electron chi connectivity index (χ2n) is 6.01. The maximum absolute atomic E-state index is 3.64. The Hall–Kier alpha value is -0.860. The Kier molecular flexibility index (Phi) is 3.67. The van der Waals surface area contributed by atoms with Crippen molar-refractivity contribution in [2.45, 2.75) is 37.6 Å². The molecule has 2 fully saturated rings. The van der Waals surface area contributed by atoms with E-state index in [0.717, 1.165) is 5.92 Å². The Labute approximate surface area is 110 Å². The topological polar surface area (TPSA) is 15.3 Å². The van der Waals surface area contributed by atoms with E-state index in [2.05, 4.69) is 41.5 Å². The molecule has 1 atom stereocenters.